The van der Waals surface area contributed by atoms with Crippen LogP contribution in [0.2, 0.25) is 0 Å². The van der Waals surface area contributed by atoms with Crippen molar-refractivity contribution in [3.05, 3.63) is 28.2 Å². The fraction of sp³-hybridized carbons (Fsp3) is 0.500. The zero-order valence-electron chi connectivity index (χ0n) is 10.0. The van der Waals surface area contributed by atoms with Crippen LogP contribution in [0.15, 0.2) is 22.7 Å². The van der Waals surface area contributed by atoms with E-state index in [1.807, 2.05) is 18.2 Å². The first-order valence-corrected chi connectivity index (χ1v) is 6.89. The Hall–Kier alpha value is -0.830. The van der Waals surface area contributed by atoms with Gasteiger partial charge in [0.1, 0.15) is 5.75 Å². The summed E-state index contributed by atoms with van der Waals surface area (Å²) in [6.07, 6.45) is 5.23. The molecule has 0 aliphatic heterocycles. The Morgan fingerprint density at radius 3 is 2.76 bits per heavy atom. The predicted octanol–water partition coefficient (Wildman–Crippen LogP) is 4.22. The lowest BCUT2D eigenvalue weighted by atomic mass is 9.83. The minimum Gasteiger partial charge on any atom is -0.492 e. The first-order valence-electron chi connectivity index (χ1n) is 6.10. The smallest absolute Gasteiger partial charge is 0.159 e. The monoisotopic (exact) mass is 296 g/mol. The van der Waals surface area contributed by atoms with E-state index in [0.717, 1.165) is 29.2 Å². The van der Waals surface area contributed by atoms with E-state index in [2.05, 4.69) is 15.9 Å². The van der Waals surface area contributed by atoms with E-state index in [1.54, 1.807) is 6.92 Å². The van der Waals surface area contributed by atoms with Crippen LogP contribution in [-0.4, -0.2) is 12.4 Å². The molecule has 1 aliphatic rings. The topological polar surface area (TPSA) is 26.3 Å². The number of ketones is 1. The number of hydrogen-bond donors (Lipinski definition) is 0. The van der Waals surface area contributed by atoms with Crippen molar-refractivity contribution in [2.45, 2.75) is 32.6 Å². The van der Waals surface area contributed by atoms with E-state index in [1.165, 1.54) is 19.3 Å². The van der Waals surface area contributed by atoms with Crippen LogP contribution >= 0.6 is 15.9 Å². The molecule has 1 fully saturated rings. The van der Waals surface area contributed by atoms with Crippen LogP contribution in [0.25, 0.3) is 0 Å². The molecule has 2 rings (SSSR count). The second-order valence-corrected chi connectivity index (χ2v) is 5.49. The summed E-state index contributed by atoms with van der Waals surface area (Å²) in [4.78, 5) is 11.2. The molecule has 0 spiro atoms. The van der Waals surface area contributed by atoms with Crippen LogP contribution in [0.5, 0.6) is 5.75 Å². The fourth-order valence-corrected chi connectivity index (χ4v) is 2.45. The molecule has 0 amide bonds. The molecular weight excluding hydrogens is 280 g/mol. The van der Waals surface area contributed by atoms with Gasteiger partial charge < -0.3 is 4.74 Å². The van der Waals surface area contributed by atoms with Gasteiger partial charge in [0.2, 0.25) is 0 Å². The Balaban J connectivity index is 1.89. The Bertz CT molecular complexity index is 411. The SMILES string of the molecule is CC(=O)c1ccc(OCCC2CCC2)c(Br)c1. The van der Waals surface area contributed by atoms with E-state index in [-0.39, 0.29) is 5.78 Å². The van der Waals surface area contributed by atoms with E-state index >= 15 is 0 Å². The Labute approximate surface area is 110 Å². The highest BCUT2D eigenvalue weighted by Crippen LogP contribution is 2.30. The summed E-state index contributed by atoms with van der Waals surface area (Å²) in [7, 11) is 0. The van der Waals surface area contributed by atoms with Crippen molar-refractivity contribution >= 4 is 21.7 Å². The largest absolute Gasteiger partial charge is 0.492 e. The molecule has 0 bridgehead atoms. The van der Waals surface area contributed by atoms with Gasteiger partial charge in [0.05, 0.1) is 11.1 Å². The van der Waals surface area contributed by atoms with Gasteiger partial charge >= 0.3 is 0 Å². The fourth-order valence-electron chi connectivity index (χ4n) is 1.95. The molecule has 1 aromatic rings. The van der Waals surface area contributed by atoms with Crippen molar-refractivity contribution in [3.8, 4) is 5.75 Å². The Kier molecular flexibility index (Phi) is 4.21. The maximum absolute atomic E-state index is 11.2. The number of hydrogen-bond acceptors (Lipinski definition) is 2. The van der Waals surface area contributed by atoms with Crippen LogP contribution in [0.1, 0.15) is 43.0 Å². The summed E-state index contributed by atoms with van der Waals surface area (Å²) >= 11 is 3.44. The van der Waals surface area contributed by atoms with Crippen molar-refractivity contribution < 1.29 is 9.53 Å². The third kappa shape index (κ3) is 3.32. The molecule has 3 heteroatoms. The van der Waals surface area contributed by atoms with Gasteiger partial charge in [-0.2, -0.15) is 0 Å². The number of ether oxygens (including phenoxy) is 1. The summed E-state index contributed by atoms with van der Waals surface area (Å²) in [5, 5.41) is 0. The lowest BCUT2D eigenvalue weighted by molar-refractivity contribution is 0.101. The molecule has 0 radical (unpaired) electrons. The molecule has 0 unspecified atom stereocenters. The van der Waals surface area contributed by atoms with Gasteiger partial charge in [0, 0.05) is 5.56 Å². The first kappa shape index (κ1) is 12.6. The third-order valence-corrected chi connectivity index (χ3v) is 3.97. The normalized spacial score (nSPS) is 15.4. The maximum Gasteiger partial charge on any atom is 0.159 e. The number of benzene rings is 1. The van der Waals surface area contributed by atoms with E-state index in [0.29, 0.717) is 5.56 Å². The van der Waals surface area contributed by atoms with Gasteiger partial charge in [0.25, 0.3) is 0 Å². The van der Waals surface area contributed by atoms with Gasteiger partial charge in [-0.15, -0.1) is 0 Å². The third-order valence-electron chi connectivity index (χ3n) is 3.35. The molecule has 1 aliphatic carbocycles. The zero-order valence-corrected chi connectivity index (χ0v) is 11.6. The van der Waals surface area contributed by atoms with Crippen LogP contribution in [-0.2, 0) is 0 Å². The van der Waals surface area contributed by atoms with Crippen molar-refractivity contribution in [1.29, 1.82) is 0 Å². The average Bonchev–Trinajstić information content (AvgIpc) is 2.23. The molecular formula is C14H17BrO2. The van der Waals surface area contributed by atoms with Gasteiger partial charge in [-0.25, -0.2) is 0 Å². The molecule has 0 atom stereocenters. The van der Waals surface area contributed by atoms with Crippen LogP contribution < -0.4 is 4.74 Å². The highest BCUT2D eigenvalue weighted by molar-refractivity contribution is 9.10. The van der Waals surface area contributed by atoms with Gasteiger partial charge in [-0.1, -0.05) is 19.3 Å². The van der Waals surface area contributed by atoms with Crippen molar-refractivity contribution in [1.82, 2.24) is 0 Å². The quantitative estimate of drug-likeness (QED) is 0.761. The summed E-state index contributed by atoms with van der Waals surface area (Å²) in [6, 6.07) is 5.49. The van der Waals surface area contributed by atoms with E-state index in [9.17, 15) is 4.79 Å². The van der Waals surface area contributed by atoms with Crippen molar-refractivity contribution in [3.63, 3.8) is 0 Å². The van der Waals surface area contributed by atoms with Crippen molar-refractivity contribution in [2.75, 3.05) is 6.61 Å². The minimum absolute atomic E-state index is 0.0757. The number of carbonyl (C=O) groups is 1. The Morgan fingerprint density at radius 2 is 2.24 bits per heavy atom. The molecule has 92 valence electrons. The lowest BCUT2D eigenvalue weighted by Crippen LogP contribution is -2.14. The second-order valence-electron chi connectivity index (χ2n) is 4.64. The average molecular weight is 297 g/mol. The molecule has 17 heavy (non-hydrogen) atoms. The van der Waals surface area contributed by atoms with Gasteiger partial charge in [0.15, 0.2) is 5.78 Å². The number of halogens is 1. The highest BCUT2D eigenvalue weighted by Gasteiger charge is 2.17. The molecule has 1 saturated carbocycles. The van der Waals surface area contributed by atoms with Crippen LogP contribution in [0, 0.1) is 5.92 Å². The van der Waals surface area contributed by atoms with E-state index in [4.69, 9.17) is 4.74 Å². The number of Topliss-reactive ketones (excluding diaryl/α,β-unsaturated/α-hetero) is 1. The summed E-state index contributed by atoms with van der Waals surface area (Å²) < 4.78 is 6.58. The second kappa shape index (κ2) is 5.67. The van der Waals surface area contributed by atoms with Gasteiger partial charge in [-0.3, -0.25) is 4.79 Å². The summed E-state index contributed by atoms with van der Waals surface area (Å²) in [5.41, 5.74) is 0.711. The first-order chi connectivity index (χ1) is 8.16. The minimum atomic E-state index is 0.0757. The maximum atomic E-state index is 11.2. The molecule has 0 saturated heterocycles. The zero-order chi connectivity index (χ0) is 12.3. The molecule has 2 nitrogen and oxygen atoms in total. The Morgan fingerprint density at radius 1 is 1.47 bits per heavy atom. The van der Waals surface area contributed by atoms with Crippen LogP contribution in [0.3, 0.4) is 0 Å². The summed E-state index contributed by atoms with van der Waals surface area (Å²) in [5.74, 6) is 1.77. The molecule has 0 heterocycles. The number of rotatable bonds is 5. The summed E-state index contributed by atoms with van der Waals surface area (Å²) in [6.45, 7) is 2.33. The number of carbonyl (C=O) groups excluding carboxylic acids is 1. The van der Waals surface area contributed by atoms with Crippen LogP contribution in [0.4, 0.5) is 0 Å². The molecule has 0 aromatic heterocycles. The predicted molar refractivity (Wildman–Crippen MR) is 71.6 cm³/mol. The van der Waals surface area contributed by atoms with E-state index < -0.39 is 0 Å². The molecule has 0 N–H and O–H groups in total. The molecule has 1 aromatic carbocycles. The lowest BCUT2D eigenvalue weighted by Gasteiger charge is -2.25. The van der Waals surface area contributed by atoms with Crippen molar-refractivity contribution in [2.24, 2.45) is 5.92 Å². The standard InChI is InChI=1S/C14H17BrO2/c1-10(16)12-5-6-14(13(15)9-12)17-8-7-11-3-2-4-11/h5-6,9,11H,2-4,7-8H2,1H3. The van der Waals surface area contributed by atoms with Gasteiger partial charge in [-0.05, 0) is 53.4 Å². The highest BCUT2D eigenvalue weighted by atomic mass is 79.9.